The number of amides is 1. The van der Waals surface area contributed by atoms with Crippen molar-refractivity contribution in [3.63, 3.8) is 0 Å². The van der Waals surface area contributed by atoms with Crippen LogP contribution in [0.25, 0.3) is 0 Å². The molecule has 1 amide bonds. The van der Waals surface area contributed by atoms with E-state index in [9.17, 15) is 4.79 Å². The van der Waals surface area contributed by atoms with E-state index < -0.39 is 0 Å². The average molecular weight is 324 g/mol. The molecule has 2 heterocycles. The highest BCUT2D eigenvalue weighted by Gasteiger charge is 2.30. The Balaban J connectivity index is 1.71. The number of ether oxygens (including phenoxy) is 1. The molecule has 6 nitrogen and oxygen atoms in total. The number of nitrogens with two attached hydrogens (primary N) is 1. The van der Waals surface area contributed by atoms with E-state index in [1.807, 2.05) is 19.9 Å². The van der Waals surface area contributed by atoms with Crippen molar-refractivity contribution in [3.05, 3.63) is 40.8 Å². The number of aromatic nitrogens is 2. The number of rotatable bonds is 2. The minimum absolute atomic E-state index is 0.176. The van der Waals surface area contributed by atoms with Crippen molar-refractivity contribution in [2.24, 2.45) is 0 Å². The number of fused-ring (bicyclic) bond motifs is 1. The standard InChI is InChI=1S/C18H20N4O2/c1-10-7-11(2)15-14(8-10)22(5-6-24-15)18(23)13-9-20-17(12-3-4-12)21-16(13)19/h7-9,12H,3-6H2,1-2H3,(H2,19,20,21). The fourth-order valence-electron chi connectivity index (χ4n) is 3.15. The molecule has 24 heavy (non-hydrogen) atoms. The van der Waals surface area contributed by atoms with Gasteiger partial charge >= 0.3 is 0 Å². The third-order valence-corrected chi connectivity index (χ3v) is 4.51. The number of nitrogen functional groups attached to an aromatic ring is 1. The van der Waals surface area contributed by atoms with Gasteiger partial charge in [0.25, 0.3) is 5.91 Å². The zero-order valence-electron chi connectivity index (χ0n) is 13.9. The van der Waals surface area contributed by atoms with Crippen LogP contribution in [0.2, 0.25) is 0 Å². The lowest BCUT2D eigenvalue weighted by atomic mass is 10.1. The molecule has 2 aromatic rings. The number of aryl methyl sites for hydroxylation is 2. The van der Waals surface area contributed by atoms with Crippen LogP contribution in [0.3, 0.4) is 0 Å². The molecule has 1 fully saturated rings. The molecule has 1 aromatic heterocycles. The van der Waals surface area contributed by atoms with Crippen LogP contribution in [0.1, 0.15) is 46.1 Å². The molecule has 1 saturated carbocycles. The van der Waals surface area contributed by atoms with Gasteiger partial charge in [0.1, 0.15) is 29.6 Å². The molecule has 1 aliphatic heterocycles. The Hall–Kier alpha value is -2.63. The number of anilines is 2. The first-order valence-corrected chi connectivity index (χ1v) is 8.23. The van der Waals surface area contributed by atoms with Crippen LogP contribution in [0.15, 0.2) is 18.3 Å². The zero-order chi connectivity index (χ0) is 16.8. The van der Waals surface area contributed by atoms with Gasteiger partial charge in [0, 0.05) is 12.1 Å². The van der Waals surface area contributed by atoms with Crippen molar-refractivity contribution >= 4 is 17.4 Å². The zero-order valence-corrected chi connectivity index (χ0v) is 13.9. The molecule has 0 unspecified atom stereocenters. The van der Waals surface area contributed by atoms with E-state index in [1.54, 1.807) is 11.1 Å². The Morgan fingerprint density at radius 1 is 1.33 bits per heavy atom. The fourth-order valence-corrected chi connectivity index (χ4v) is 3.15. The lowest BCUT2D eigenvalue weighted by Gasteiger charge is -2.31. The maximum Gasteiger partial charge on any atom is 0.263 e. The summed E-state index contributed by atoms with van der Waals surface area (Å²) < 4.78 is 5.76. The SMILES string of the molecule is Cc1cc(C)c2c(c1)N(C(=O)c1cnc(C3CC3)nc1N)CCO2. The highest BCUT2D eigenvalue weighted by molar-refractivity contribution is 6.09. The summed E-state index contributed by atoms with van der Waals surface area (Å²) in [7, 11) is 0. The lowest BCUT2D eigenvalue weighted by molar-refractivity contribution is 0.0976. The lowest BCUT2D eigenvalue weighted by Crippen LogP contribution is -2.38. The van der Waals surface area contributed by atoms with E-state index >= 15 is 0 Å². The first-order chi connectivity index (χ1) is 11.5. The normalized spacial score (nSPS) is 16.5. The van der Waals surface area contributed by atoms with Gasteiger partial charge in [0.2, 0.25) is 0 Å². The van der Waals surface area contributed by atoms with E-state index in [-0.39, 0.29) is 11.7 Å². The predicted molar refractivity (Wildman–Crippen MR) is 91.5 cm³/mol. The Morgan fingerprint density at radius 3 is 2.83 bits per heavy atom. The van der Waals surface area contributed by atoms with Gasteiger partial charge in [-0.3, -0.25) is 4.79 Å². The van der Waals surface area contributed by atoms with E-state index in [0.717, 1.165) is 41.2 Å². The molecule has 0 saturated heterocycles. The molecule has 124 valence electrons. The smallest absolute Gasteiger partial charge is 0.263 e. The summed E-state index contributed by atoms with van der Waals surface area (Å²) >= 11 is 0. The number of nitrogens with zero attached hydrogens (tertiary/aromatic N) is 3. The molecule has 0 bridgehead atoms. The van der Waals surface area contributed by atoms with Gasteiger partial charge in [0.05, 0.1) is 12.2 Å². The maximum absolute atomic E-state index is 13.0. The van der Waals surface area contributed by atoms with Gasteiger partial charge in [-0.1, -0.05) is 6.07 Å². The van der Waals surface area contributed by atoms with Gasteiger partial charge in [-0.05, 0) is 43.9 Å². The molecule has 6 heteroatoms. The van der Waals surface area contributed by atoms with Crippen LogP contribution in [0.5, 0.6) is 5.75 Å². The number of hydrogen-bond acceptors (Lipinski definition) is 5. The average Bonchev–Trinajstić information content (AvgIpc) is 3.38. The van der Waals surface area contributed by atoms with E-state index in [4.69, 9.17) is 10.5 Å². The van der Waals surface area contributed by atoms with Crippen LogP contribution < -0.4 is 15.4 Å². The minimum atomic E-state index is -0.176. The molecule has 1 aromatic carbocycles. The summed E-state index contributed by atoms with van der Waals surface area (Å²) in [6.07, 6.45) is 3.76. The van der Waals surface area contributed by atoms with Crippen molar-refractivity contribution in [2.75, 3.05) is 23.8 Å². The molecule has 0 spiro atoms. The van der Waals surface area contributed by atoms with Gasteiger partial charge in [-0.25, -0.2) is 9.97 Å². The molecule has 4 rings (SSSR count). The first kappa shape index (κ1) is 14.9. The van der Waals surface area contributed by atoms with E-state index in [0.29, 0.717) is 24.6 Å². The number of carbonyl (C=O) groups excluding carboxylic acids is 1. The first-order valence-electron chi connectivity index (χ1n) is 8.23. The Bertz CT molecular complexity index is 830. The van der Waals surface area contributed by atoms with Gasteiger partial charge in [0.15, 0.2) is 0 Å². The summed E-state index contributed by atoms with van der Waals surface area (Å²) in [5.74, 6) is 2.00. The quantitative estimate of drug-likeness (QED) is 0.918. The Labute approximate surface area is 140 Å². The summed E-state index contributed by atoms with van der Waals surface area (Å²) in [6, 6.07) is 4.02. The largest absolute Gasteiger partial charge is 0.489 e. The van der Waals surface area contributed by atoms with Crippen molar-refractivity contribution in [3.8, 4) is 5.75 Å². The topological polar surface area (TPSA) is 81.3 Å². The van der Waals surface area contributed by atoms with Gasteiger partial charge in [-0.15, -0.1) is 0 Å². The second-order valence-corrected chi connectivity index (χ2v) is 6.54. The van der Waals surface area contributed by atoms with Gasteiger partial charge in [-0.2, -0.15) is 0 Å². The molecule has 1 aliphatic carbocycles. The molecule has 2 N–H and O–H groups in total. The third kappa shape index (κ3) is 2.48. The monoisotopic (exact) mass is 324 g/mol. The summed E-state index contributed by atoms with van der Waals surface area (Å²) in [5, 5.41) is 0. The molecule has 0 radical (unpaired) electrons. The van der Waals surface area contributed by atoms with Crippen LogP contribution >= 0.6 is 0 Å². The van der Waals surface area contributed by atoms with Crippen molar-refractivity contribution in [2.45, 2.75) is 32.6 Å². The van der Waals surface area contributed by atoms with Crippen LogP contribution in [0.4, 0.5) is 11.5 Å². The van der Waals surface area contributed by atoms with Gasteiger partial charge < -0.3 is 15.4 Å². The van der Waals surface area contributed by atoms with Crippen LogP contribution in [-0.4, -0.2) is 29.0 Å². The summed E-state index contributed by atoms with van der Waals surface area (Å²) in [5.41, 5.74) is 9.29. The highest BCUT2D eigenvalue weighted by Crippen LogP contribution is 2.39. The highest BCUT2D eigenvalue weighted by atomic mass is 16.5. The molecular weight excluding hydrogens is 304 g/mol. The minimum Gasteiger partial charge on any atom is -0.489 e. The Morgan fingerprint density at radius 2 is 2.12 bits per heavy atom. The van der Waals surface area contributed by atoms with Crippen molar-refractivity contribution < 1.29 is 9.53 Å². The van der Waals surface area contributed by atoms with E-state index in [2.05, 4.69) is 16.0 Å². The molecular formula is C18H20N4O2. The van der Waals surface area contributed by atoms with E-state index in [1.165, 1.54) is 0 Å². The molecule has 2 aliphatic rings. The third-order valence-electron chi connectivity index (χ3n) is 4.51. The Kier molecular flexibility index (Phi) is 3.40. The number of hydrogen-bond donors (Lipinski definition) is 1. The number of benzene rings is 1. The second-order valence-electron chi connectivity index (χ2n) is 6.54. The molecule has 0 atom stereocenters. The fraction of sp³-hybridized carbons (Fsp3) is 0.389. The van der Waals surface area contributed by atoms with Crippen LogP contribution in [-0.2, 0) is 0 Å². The predicted octanol–water partition coefficient (Wildman–Crippen LogP) is 2.59. The summed E-state index contributed by atoms with van der Waals surface area (Å²) in [6.45, 7) is 4.94. The van der Waals surface area contributed by atoms with Crippen molar-refractivity contribution in [1.82, 2.24) is 9.97 Å². The van der Waals surface area contributed by atoms with Crippen LogP contribution in [0, 0.1) is 13.8 Å². The van der Waals surface area contributed by atoms with Crippen molar-refractivity contribution in [1.29, 1.82) is 0 Å². The number of carbonyl (C=O) groups is 1. The maximum atomic E-state index is 13.0. The summed E-state index contributed by atoms with van der Waals surface area (Å²) in [4.78, 5) is 23.4. The second kappa shape index (κ2) is 5.47.